The van der Waals surface area contributed by atoms with Gasteiger partial charge >= 0.3 is 0 Å². The fourth-order valence-electron chi connectivity index (χ4n) is 1.06. The predicted molar refractivity (Wildman–Crippen MR) is 71.1 cm³/mol. The molecule has 0 bridgehead atoms. The zero-order chi connectivity index (χ0) is 13.4. The second-order valence-corrected chi connectivity index (χ2v) is 4.98. The topological polar surface area (TPSA) is 140 Å². The van der Waals surface area contributed by atoms with Crippen molar-refractivity contribution in [3.63, 3.8) is 0 Å². The summed E-state index contributed by atoms with van der Waals surface area (Å²) >= 11 is -4.16. The molecule has 0 saturated carbocycles. The van der Waals surface area contributed by atoms with Gasteiger partial charge in [-0.2, -0.15) is 0 Å². The van der Waals surface area contributed by atoms with Crippen molar-refractivity contribution in [2.24, 2.45) is 0 Å². The summed E-state index contributed by atoms with van der Waals surface area (Å²) < 4.78 is 40.8. The van der Waals surface area contributed by atoms with E-state index >= 15 is 0 Å². The minimum Gasteiger partial charge on any atom is -0.870 e. The van der Waals surface area contributed by atoms with E-state index in [1.807, 2.05) is 0 Å². The molecule has 0 aliphatic carbocycles. The van der Waals surface area contributed by atoms with Crippen LogP contribution in [0.3, 0.4) is 0 Å². The van der Waals surface area contributed by atoms with Crippen molar-refractivity contribution in [2.75, 3.05) is 0 Å². The van der Waals surface area contributed by atoms with Crippen LogP contribution in [0.1, 0.15) is 0 Å². The molecule has 0 radical (unpaired) electrons. The molecular formula is C12H12O6S2Zn-4. The maximum atomic E-state index is 10.2. The van der Waals surface area contributed by atoms with Gasteiger partial charge in [-0.3, -0.25) is 8.42 Å². The molecule has 2 aromatic carbocycles. The first-order valence-corrected chi connectivity index (χ1v) is 7.05. The molecule has 21 heavy (non-hydrogen) atoms. The summed E-state index contributed by atoms with van der Waals surface area (Å²) in [6, 6.07) is 16.5. The van der Waals surface area contributed by atoms with Gasteiger partial charge in [0, 0.05) is 29.3 Å². The van der Waals surface area contributed by atoms with Crippen LogP contribution >= 0.6 is 0 Å². The van der Waals surface area contributed by atoms with Crippen molar-refractivity contribution in [3.05, 3.63) is 60.7 Å². The van der Waals surface area contributed by atoms with Gasteiger partial charge in [-0.15, -0.1) is 0 Å². The molecule has 2 aromatic rings. The average molecular weight is 382 g/mol. The first kappa shape index (κ1) is 25.2. The van der Waals surface area contributed by atoms with Gasteiger partial charge in [0.05, 0.1) is 0 Å². The average Bonchev–Trinajstić information content (AvgIpc) is 2.41. The molecule has 2 N–H and O–H groups in total. The van der Waals surface area contributed by atoms with Crippen molar-refractivity contribution in [3.8, 4) is 0 Å². The normalized spacial score (nSPS) is 11.1. The van der Waals surface area contributed by atoms with Crippen LogP contribution in [0.25, 0.3) is 0 Å². The number of rotatable bonds is 2. The predicted octanol–water partition coefficient (Wildman–Crippen LogP) is 1.49. The first-order chi connectivity index (χ1) is 8.61. The fourth-order valence-corrected chi connectivity index (χ4v) is 1.82. The van der Waals surface area contributed by atoms with Crippen molar-refractivity contribution < 1.29 is 48.0 Å². The summed E-state index contributed by atoms with van der Waals surface area (Å²) in [6.07, 6.45) is 0. The third-order valence-electron chi connectivity index (χ3n) is 1.87. The van der Waals surface area contributed by atoms with Crippen molar-refractivity contribution in [2.45, 2.75) is 9.79 Å². The molecule has 0 fully saturated rings. The molecule has 2 unspecified atom stereocenters. The summed E-state index contributed by atoms with van der Waals surface area (Å²) in [5.41, 5.74) is 0. The van der Waals surface area contributed by atoms with E-state index in [0.717, 1.165) is 0 Å². The zero-order valence-corrected chi connectivity index (χ0v) is 15.4. The Morgan fingerprint density at radius 1 is 0.619 bits per heavy atom. The van der Waals surface area contributed by atoms with Gasteiger partial charge in [-0.05, 0) is 46.4 Å². The van der Waals surface area contributed by atoms with E-state index in [4.69, 9.17) is 0 Å². The van der Waals surface area contributed by atoms with E-state index in [-0.39, 0.29) is 30.4 Å². The Balaban J connectivity index is -0.000000270. The molecule has 114 valence electrons. The van der Waals surface area contributed by atoms with Crippen LogP contribution in [-0.2, 0) is 41.6 Å². The van der Waals surface area contributed by atoms with Crippen LogP contribution in [0.15, 0.2) is 70.5 Å². The summed E-state index contributed by atoms with van der Waals surface area (Å²) in [6.45, 7) is 0. The zero-order valence-electron chi connectivity index (χ0n) is 10.8. The minimum atomic E-state index is -2.08. The van der Waals surface area contributed by atoms with Crippen LogP contribution in [0.4, 0.5) is 0 Å². The quantitative estimate of drug-likeness (QED) is 0.570. The minimum absolute atomic E-state index is 0. The molecule has 9 heteroatoms. The van der Waals surface area contributed by atoms with Crippen LogP contribution < -0.4 is 0 Å². The number of hydrogen-bond donors (Lipinski definition) is 0. The van der Waals surface area contributed by atoms with E-state index in [2.05, 4.69) is 0 Å². The molecule has 0 saturated heterocycles. The Kier molecular flexibility index (Phi) is 17.0. The monoisotopic (exact) mass is 380 g/mol. The van der Waals surface area contributed by atoms with Crippen molar-refractivity contribution >= 4 is 22.2 Å². The summed E-state index contributed by atoms with van der Waals surface area (Å²) in [5, 5.41) is 0. The summed E-state index contributed by atoms with van der Waals surface area (Å²) in [5.74, 6) is 0. The third kappa shape index (κ3) is 10.6. The maximum Gasteiger partial charge on any atom is 0.0248 e. The second-order valence-electron chi connectivity index (χ2n) is 3.10. The Bertz CT molecular complexity index is 474. The van der Waals surface area contributed by atoms with Gasteiger partial charge in [0.2, 0.25) is 0 Å². The molecule has 0 spiro atoms. The molecule has 0 heterocycles. The SMILES string of the molecule is O=S([O-])c1ccccc1.O=S([O-])c1ccccc1.[OH-].[OH-].[Zn]. The molecule has 0 aliphatic rings. The van der Waals surface area contributed by atoms with E-state index in [1.165, 1.54) is 0 Å². The fraction of sp³-hybridized carbons (Fsp3) is 0. The van der Waals surface area contributed by atoms with Crippen LogP contribution in [0, 0.1) is 0 Å². The van der Waals surface area contributed by atoms with Gasteiger partial charge < -0.3 is 20.1 Å². The maximum absolute atomic E-state index is 10.2. The summed E-state index contributed by atoms with van der Waals surface area (Å²) in [4.78, 5) is 0.662. The molecule has 0 aliphatic heterocycles. The largest absolute Gasteiger partial charge is 0.870 e. The molecule has 6 nitrogen and oxygen atoms in total. The second kappa shape index (κ2) is 14.2. The van der Waals surface area contributed by atoms with E-state index in [1.54, 1.807) is 60.7 Å². The number of hydrogen-bond acceptors (Lipinski definition) is 6. The molecule has 0 aromatic heterocycles. The Hall–Kier alpha value is -0.797. The van der Waals surface area contributed by atoms with E-state index in [0.29, 0.717) is 9.79 Å². The van der Waals surface area contributed by atoms with Gasteiger partial charge in [-0.1, -0.05) is 36.4 Å². The van der Waals surface area contributed by atoms with Gasteiger partial charge in [-0.25, -0.2) is 0 Å². The third-order valence-corrected chi connectivity index (χ3v) is 3.19. The van der Waals surface area contributed by atoms with Crippen LogP contribution in [0.2, 0.25) is 0 Å². The number of benzene rings is 2. The Morgan fingerprint density at radius 3 is 1.00 bits per heavy atom. The Morgan fingerprint density at radius 2 is 0.857 bits per heavy atom. The first-order valence-electron chi connectivity index (χ1n) is 4.90. The van der Waals surface area contributed by atoms with E-state index < -0.39 is 22.2 Å². The van der Waals surface area contributed by atoms with Gasteiger partial charge in [0.1, 0.15) is 0 Å². The Labute approximate surface area is 140 Å². The van der Waals surface area contributed by atoms with Crippen molar-refractivity contribution in [1.82, 2.24) is 0 Å². The van der Waals surface area contributed by atoms with E-state index in [9.17, 15) is 17.5 Å². The molecule has 2 atom stereocenters. The van der Waals surface area contributed by atoms with Crippen molar-refractivity contribution in [1.29, 1.82) is 0 Å². The van der Waals surface area contributed by atoms with Crippen LogP contribution in [-0.4, -0.2) is 28.5 Å². The standard InChI is InChI=1S/2C6H6O2S.2H2O.Zn/c2*7-9(8)6-4-2-1-3-5-6;;;/h2*1-5H,(H,7,8);2*1H2;/p-4. The smallest absolute Gasteiger partial charge is 0.0248 e. The van der Waals surface area contributed by atoms with Gasteiger partial charge in [0.25, 0.3) is 0 Å². The van der Waals surface area contributed by atoms with Crippen LogP contribution in [0.5, 0.6) is 0 Å². The summed E-state index contributed by atoms with van der Waals surface area (Å²) in [7, 11) is 0. The molecular weight excluding hydrogens is 370 g/mol. The molecule has 2 rings (SSSR count). The molecule has 0 amide bonds. The van der Waals surface area contributed by atoms with Gasteiger partial charge in [0.15, 0.2) is 0 Å².